The number of aromatic amines is 1. The number of thiophene rings is 1. The van der Waals surface area contributed by atoms with E-state index in [1.807, 2.05) is 12.1 Å². The number of pyridine rings is 1. The maximum absolute atomic E-state index is 12.1. The Morgan fingerprint density at radius 2 is 2.28 bits per heavy atom. The molecule has 0 unspecified atom stereocenters. The fraction of sp³-hybridized carbons (Fsp3) is 0.316. The highest BCUT2D eigenvalue weighted by Crippen LogP contribution is 2.27. The van der Waals surface area contributed by atoms with E-state index in [9.17, 15) is 4.79 Å². The Labute approximate surface area is 150 Å². The van der Waals surface area contributed by atoms with Crippen molar-refractivity contribution in [1.82, 2.24) is 19.9 Å². The van der Waals surface area contributed by atoms with E-state index >= 15 is 0 Å². The van der Waals surface area contributed by atoms with Gasteiger partial charge in [-0.15, -0.1) is 11.3 Å². The fourth-order valence-corrected chi connectivity index (χ4v) is 4.13. The average Bonchev–Trinajstić information content (AvgIpc) is 3.15. The van der Waals surface area contributed by atoms with Crippen LogP contribution in [0.25, 0.3) is 11.4 Å². The molecule has 1 atom stereocenters. The second-order valence-corrected chi connectivity index (χ2v) is 7.45. The van der Waals surface area contributed by atoms with Crippen molar-refractivity contribution in [3.8, 4) is 11.4 Å². The van der Waals surface area contributed by atoms with E-state index in [0.29, 0.717) is 11.7 Å². The van der Waals surface area contributed by atoms with Crippen molar-refractivity contribution in [3.05, 3.63) is 69.0 Å². The Bertz CT molecular complexity index is 876. The number of likely N-dealkylation sites (tertiary alicyclic amines) is 1. The minimum absolute atomic E-state index is 0.0979. The van der Waals surface area contributed by atoms with Crippen LogP contribution in [-0.4, -0.2) is 32.9 Å². The van der Waals surface area contributed by atoms with Crippen molar-refractivity contribution in [2.75, 3.05) is 13.1 Å². The van der Waals surface area contributed by atoms with E-state index in [-0.39, 0.29) is 5.56 Å². The lowest BCUT2D eigenvalue weighted by molar-refractivity contribution is 0.200. The molecule has 0 aliphatic carbocycles. The average molecular weight is 352 g/mol. The first-order chi connectivity index (χ1) is 12.3. The van der Waals surface area contributed by atoms with Crippen molar-refractivity contribution in [3.63, 3.8) is 0 Å². The number of nitrogens with zero attached hydrogens (tertiary/aromatic N) is 3. The van der Waals surface area contributed by atoms with Gasteiger partial charge in [-0.1, -0.05) is 6.07 Å². The molecule has 0 radical (unpaired) electrons. The molecule has 25 heavy (non-hydrogen) atoms. The number of hydrogen-bond acceptors (Lipinski definition) is 5. The molecule has 4 rings (SSSR count). The minimum Gasteiger partial charge on any atom is -0.306 e. The van der Waals surface area contributed by atoms with Gasteiger partial charge in [-0.2, -0.15) is 0 Å². The Hall–Kier alpha value is -2.31. The summed E-state index contributed by atoms with van der Waals surface area (Å²) in [6.45, 7) is 3.03. The monoisotopic (exact) mass is 352 g/mol. The predicted molar refractivity (Wildman–Crippen MR) is 99.7 cm³/mol. The summed E-state index contributed by atoms with van der Waals surface area (Å²) in [6.07, 6.45) is 5.65. The van der Waals surface area contributed by atoms with Gasteiger partial charge in [-0.3, -0.25) is 14.7 Å². The second-order valence-electron chi connectivity index (χ2n) is 6.41. The highest BCUT2D eigenvalue weighted by Gasteiger charge is 2.23. The van der Waals surface area contributed by atoms with Crippen molar-refractivity contribution < 1.29 is 0 Å². The molecule has 0 saturated carbocycles. The molecule has 0 spiro atoms. The van der Waals surface area contributed by atoms with Crippen molar-refractivity contribution in [2.45, 2.75) is 25.3 Å². The Kier molecular flexibility index (Phi) is 4.72. The van der Waals surface area contributed by atoms with Gasteiger partial charge in [-0.25, -0.2) is 4.98 Å². The van der Waals surface area contributed by atoms with Gasteiger partial charge < -0.3 is 4.98 Å². The number of hydrogen-bond donors (Lipinski definition) is 1. The number of piperidine rings is 1. The van der Waals surface area contributed by atoms with Gasteiger partial charge in [0.1, 0.15) is 5.82 Å². The van der Waals surface area contributed by atoms with E-state index in [4.69, 9.17) is 4.98 Å². The maximum Gasteiger partial charge on any atom is 0.251 e. The molecule has 5 nitrogen and oxygen atoms in total. The molecule has 1 aliphatic rings. The quantitative estimate of drug-likeness (QED) is 0.783. The topological polar surface area (TPSA) is 61.9 Å². The van der Waals surface area contributed by atoms with Crippen molar-refractivity contribution in [1.29, 1.82) is 0 Å². The third-order valence-electron chi connectivity index (χ3n) is 4.58. The van der Waals surface area contributed by atoms with Crippen LogP contribution in [0.4, 0.5) is 0 Å². The van der Waals surface area contributed by atoms with Crippen molar-refractivity contribution >= 4 is 11.3 Å². The summed E-state index contributed by atoms with van der Waals surface area (Å²) in [7, 11) is 0. The molecule has 0 aromatic carbocycles. The first kappa shape index (κ1) is 16.2. The summed E-state index contributed by atoms with van der Waals surface area (Å²) < 4.78 is 0. The van der Waals surface area contributed by atoms with Crippen LogP contribution < -0.4 is 5.56 Å². The van der Waals surface area contributed by atoms with Gasteiger partial charge in [0.15, 0.2) is 0 Å². The number of aromatic nitrogens is 3. The Morgan fingerprint density at radius 1 is 1.32 bits per heavy atom. The largest absolute Gasteiger partial charge is 0.306 e. The molecule has 0 bridgehead atoms. The number of rotatable bonds is 4. The van der Waals surface area contributed by atoms with Crippen LogP contribution in [0.5, 0.6) is 0 Å². The summed E-state index contributed by atoms with van der Waals surface area (Å²) in [6, 6.07) is 9.70. The van der Waals surface area contributed by atoms with E-state index in [1.54, 1.807) is 29.8 Å². The lowest BCUT2D eigenvalue weighted by atomic mass is 9.94. The maximum atomic E-state index is 12.1. The molecule has 1 saturated heterocycles. The molecular formula is C19H20N4OS. The van der Waals surface area contributed by atoms with E-state index < -0.39 is 0 Å². The first-order valence-corrected chi connectivity index (χ1v) is 9.42. The van der Waals surface area contributed by atoms with Gasteiger partial charge in [0.25, 0.3) is 5.56 Å². The SMILES string of the molecule is O=c1cc([C@H]2CCCN(Cc3cccs3)C2)nc(-c2cccnc2)[nH]1. The number of H-pyrrole nitrogens is 1. The standard InChI is InChI=1S/C19H20N4OS/c24-18-10-17(21-19(22-18)14-4-1-7-20-11-14)15-5-2-8-23(12-15)13-16-6-3-9-25-16/h1,3-4,6-7,9-11,15H,2,5,8,12-13H2,(H,21,22,24)/t15-/m0/s1. The molecule has 6 heteroatoms. The molecule has 1 aliphatic heterocycles. The lowest BCUT2D eigenvalue weighted by Crippen LogP contribution is -2.34. The summed E-state index contributed by atoms with van der Waals surface area (Å²) in [4.78, 5) is 27.7. The summed E-state index contributed by atoms with van der Waals surface area (Å²) >= 11 is 1.80. The van der Waals surface area contributed by atoms with E-state index in [2.05, 4.69) is 32.4 Å². The van der Waals surface area contributed by atoms with E-state index in [0.717, 1.165) is 43.7 Å². The number of nitrogens with one attached hydrogen (secondary N) is 1. The van der Waals surface area contributed by atoms with Gasteiger partial charge in [0.05, 0.1) is 5.69 Å². The van der Waals surface area contributed by atoms with E-state index in [1.165, 1.54) is 4.88 Å². The molecule has 0 amide bonds. The van der Waals surface area contributed by atoms with Crippen LogP contribution >= 0.6 is 11.3 Å². The highest BCUT2D eigenvalue weighted by atomic mass is 32.1. The van der Waals surface area contributed by atoms with Gasteiger partial charge >= 0.3 is 0 Å². The molecule has 3 aromatic heterocycles. The molecule has 128 valence electrons. The van der Waals surface area contributed by atoms with Gasteiger partial charge in [-0.05, 0) is 43.0 Å². The zero-order chi connectivity index (χ0) is 17.1. The van der Waals surface area contributed by atoms with Crippen molar-refractivity contribution in [2.24, 2.45) is 0 Å². The lowest BCUT2D eigenvalue weighted by Gasteiger charge is -2.32. The van der Waals surface area contributed by atoms with Crippen LogP contribution in [0, 0.1) is 0 Å². The Morgan fingerprint density at radius 3 is 3.08 bits per heavy atom. The molecule has 3 aromatic rings. The van der Waals surface area contributed by atoms with Crippen LogP contribution in [0.2, 0.25) is 0 Å². The minimum atomic E-state index is -0.0979. The highest BCUT2D eigenvalue weighted by molar-refractivity contribution is 7.09. The Balaban J connectivity index is 1.56. The normalized spacial score (nSPS) is 18.3. The first-order valence-electron chi connectivity index (χ1n) is 8.54. The van der Waals surface area contributed by atoms with Gasteiger partial charge in [0.2, 0.25) is 0 Å². The van der Waals surface area contributed by atoms with Crippen LogP contribution in [0.15, 0.2) is 52.9 Å². The fourth-order valence-electron chi connectivity index (χ4n) is 3.39. The molecular weight excluding hydrogens is 332 g/mol. The third-order valence-corrected chi connectivity index (χ3v) is 5.44. The van der Waals surface area contributed by atoms with Crippen LogP contribution in [-0.2, 0) is 6.54 Å². The zero-order valence-corrected chi connectivity index (χ0v) is 14.7. The third kappa shape index (κ3) is 3.86. The van der Waals surface area contributed by atoms with Gasteiger partial charge in [0, 0.05) is 47.9 Å². The summed E-state index contributed by atoms with van der Waals surface area (Å²) in [5.74, 6) is 0.900. The molecule has 4 heterocycles. The molecule has 1 N–H and O–H groups in total. The second kappa shape index (κ2) is 7.29. The molecule has 1 fully saturated rings. The zero-order valence-electron chi connectivity index (χ0n) is 13.9. The van der Waals surface area contributed by atoms with Crippen LogP contribution in [0.1, 0.15) is 29.3 Å². The predicted octanol–water partition coefficient (Wildman–Crippen LogP) is 3.27. The smallest absolute Gasteiger partial charge is 0.251 e. The summed E-state index contributed by atoms with van der Waals surface area (Å²) in [5, 5.41) is 2.12. The summed E-state index contributed by atoms with van der Waals surface area (Å²) in [5.41, 5.74) is 1.63. The van der Waals surface area contributed by atoms with Crippen LogP contribution in [0.3, 0.4) is 0 Å².